The maximum absolute atomic E-state index is 3.96. The molecular formula is C24H24N2. The summed E-state index contributed by atoms with van der Waals surface area (Å²) < 4.78 is 0. The Kier molecular flexibility index (Phi) is 4.26. The number of hydrogen-bond acceptors (Lipinski definition) is 2. The van der Waals surface area contributed by atoms with Gasteiger partial charge in [0, 0.05) is 43.6 Å². The quantitative estimate of drug-likeness (QED) is 0.573. The molecule has 0 amide bonds. The number of fused-ring (bicyclic) bond motifs is 2. The first kappa shape index (κ1) is 16.5. The Balaban J connectivity index is 1.90. The lowest BCUT2D eigenvalue weighted by Gasteiger charge is -2.37. The summed E-state index contributed by atoms with van der Waals surface area (Å²) in [7, 11) is 4.15. The zero-order valence-corrected chi connectivity index (χ0v) is 15.4. The van der Waals surface area contributed by atoms with E-state index in [4.69, 9.17) is 0 Å². The molecule has 0 aliphatic carbocycles. The van der Waals surface area contributed by atoms with E-state index in [0.717, 1.165) is 6.54 Å². The summed E-state index contributed by atoms with van der Waals surface area (Å²) in [5.74, 6) is 0.250. The monoisotopic (exact) mass is 340 g/mol. The van der Waals surface area contributed by atoms with Crippen LogP contribution in [0.5, 0.6) is 0 Å². The molecule has 0 atom stereocenters. The molecule has 2 heteroatoms. The van der Waals surface area contributed by atoms with Crippen molar-refractivity contribution in [2.24, 2.45) is 0 Å². The van der Waals surface area contributed by atoms with Crippen LogP contribution in [0.1, 0.15) is 22.6 Å². The van der Waals surface area contributed by atoms with E-state index >= 15 is 0 Å². The molecule has 4 rings (SSSR count). The summed E-state index contributed by atoms with van der Waals surface area (Å²) in [5.41, 5.74) is 7.80. The Morgan fingerprint density at radius 1 is 0.846 bits per heavy atom. The van der Waals surface area contributed by atoms with E-state index in [-0.39, 0.29) is 5.92 Å². The van der Waals surface area contributed by atoms with Crippen LogP contribution in [0.15, 0.2) is 85.5 Å². The van der Waals surface area contributed by atoms with Gasteiger partial charge in [-0.2, -0.15) is 0 Å². The third-order valence-corrected chi connectivity index (χ3v) is 5.13. The molecule has 1 aliphatic rings. The lowest BCUT2D eigenvalue weighted by molar-refractivity contribution is 0.907. The van der Waals surface area contributed by atoms with Gasteiger partial charge < -0.3 is 9.80 Å². The van der Waals surface area contributed by atoms with Crippen LogP contribution in [0.3, 0.4) is 0 Å². The van der Waals surface area contributed by atoms with E-state index in [1.807, 2.05) is 6.08 Å². The molecule has 0 spiro atoms. The predicted octanol–water partition coefficient (Wildman–Crippen LogP) is 5.57. The van der Waals surface area contributed by atoms with Gasteiger partial charge in [-0.3, -0.25) is 0 Å². The number of hydrogen-bond donors (Lipinski definition) is 0. The third-order valence-electron chi connectivity index (χ3n) is 5.13. The molecule has 0 unspecified atom stereocenters. The first-order chi connectivity index (χ1) is 12.7. The topological polar surface area (TPSA) is 6.48 Å². The number of anilines is 3. The maximum atomic E-state index is 3.96. The molecule has 130 valence electrons. The van der Waals surface area contributed by atoms with Crippen LogP contribution in [-0.2, 0) is 0 Å². The van der Waals surface area contributed by atoms with Gasteiger partial charge in [-0.1, -0.05) is 54.6 Å². The van der Waals surface area contributed by atoms with Gasteiger partial charge in [0.1, 0.15) is 0 Å². The highest BCUT2D eigenvalue weighted by molar-refractivity contribution is 5.78. The number of nitrogens with zero attached hydrogens (tertiary/aromatic N) is 2. The Morgan fingerprint density at radius 2 is 1.38 bits per heavy atom. The van der Waals surface area contributed by atoms with Crippen molar-refractivity contribution in [3.05, 3.63) is 102 Å². The lowest BCUT2D eigenvalue weighted by atomic mass is 9.80. The van der Waals surface area contributed by atoms with Crippen LogP contribution in [0.4, 0.5) is 17.1 Å². The molecule has 0 radical (unpaired) electrons. The van der Waals surface area contributed by atoms with E-state index in [9.17, 15) is 0 Å². The highest BCUT2D eigenvalue weighted by Crippen LogP contribution is 2.48. The molecule has 0 aromatic heterocycles. The van der Waals surface area contributed by atoms with Crippen LogP contribution in [0.25, 0.3) is 0 Å². The largest absolute Gasteiger partial charge is 0.378 e. The Morgan fingerprint density at radius 3 is 1.88 bits per heavy atom. The molecule has 3 aromatic rings. The van der Waals surface area contributed by atoms with E-state index < -0.39 is 0 Å². The van der Waals surface area contributed by atoms with Crippen molar-refractivity contribution in [3.8, 4) is 0 Å². The van der Waals surface area contributed by atoms with E-state index in [0.29, 0.717) is 0 Å². The average molecular weight is 340 g/mol. The molecule has 3 aromatic carbocycles. The first-order valence-corrected chi connectivity index (χ1v) is 9.04. The highest BCUT2D eigenvalue weighted by atomic mass is 15.1. The smallest absolute Gasteiger partial charge is 0.0456 e. The fourth-order valence-corrected chi connectivity index (χ4v) is 3.90. The summed E-state index contributed by atoms with van der Waals surface area (Å²) in [6.45, 7) is 4.76. The fraction of sp³-hybridized carbons (Fsp3) is 0.167. The molecule has 1 aliphatic heterocycles. The van der Waals surface area contributed by atoms with Crippen LogP contribution in [0, 0.1) is 0 Å². The number of para-hydroxylation sites is 2. The van der Waals surface area contributed by atoms with Crippen molar-refractivity contribution in [1.29, 1.82) is 0 Å². The number of rotatable bonds is 4. The normalized spacial score (nSPS) is 13.1. The minimum Gasteiger partial charge on any atom is -0.378 e. The van der Waals surface area contributed by atoms with Crippen molar-refractivity contribution >= 4 is 17.1 Å². The van der Waals surface area contributed by atoms with E-state index in [1.165, 1.54) is 33.8 Å². The van der Waals surface area contributed by atoms with Crippen molar-refractivity contribution in [1.82, 2.24) is 0 Å². The second-order valence-electron chi connectivity index (χ2n) is 6.94. The van der Waals surface area contributed by atoms with Gasteiger partial charge in [-0.25, -0.2) is 0 Å². The zero-order valence-electron chi connectivity index (χ0n) is 15.4. The molecule has 0 fully saturated rings. The third kappa shape index (κ3) is 2.68. The second-order valence-corrected chi connectivity index (χ2v) is 6.94. The van der Waals surface area contributed by atoms with Crippen molar-refractivity contribution in [2.45, 2.75) is 5.92 Å². The number of benzene rings is 3. The maximum Gasteiger partial charge on any atom is 0.0456 e. The molecule has 2 nitrogen and oxygen atoms in total. The van der Waals surface area contributed by atoms with Gasteiger partial charge in [0.2, 0.25) is 0 Å². The molecular weight excluding hydrogens is 316 g/mol. The van der Waals surface area contributed by atoms with Crippen molar-refractivity contribution < 1.29 is 0 Å². The van der Waals surface area contributed by atoms with Crippen LogP contribution in [0.2, 0.25) is 0 Å². The lowest BCUT2D eigenvalue weighted by Crippen LogP contribution is -2.26. The first-order valence-electron chi connectivity index (χ1n) is 9.04. The Hall–Kier alpha value is -3.00. The SMILES string of the molecule is C=CCN1c2ccccc2C(c2ccc(N(C)C)cc2)c2ccccc21. The molecule has 0 saturated heterocycles. The molecule has 0 N–H and O–H groups in total. The summed E-state index contributed by atoms with van der Waals surface area (Å²) >= 11 is 0. The summed E-state index contributed by atoms with van der Waals surface area (Å²) in [5, 5.41) is 0. The van der Waals surface area contributed by atoms with Crippen molar-refractivity contribution in [3.63, 3.8) is 0 Å². The minimum atomic E-state index is 0.250. The van der Waals surface area contributed by atoms with Crippen LogP contribution >= 0.6 is 0 Å². The van der Waals surface area contributed by atoms with Gasteiger partial charge in [0.25, 0.3) is 0 Å². The molecule has 0 saturated carbocycles. The van der Waals surface area contributed by atoms with Gasteiger partial charge in [0.05, 0.1) is 0 Å². The van der Waals surface area contributed by atoms with E-state index in [2.05, 4.69) is 103 Å². The van der Waals surface area contributed by atoms with Crippen LogP contribution in [-0.4, -0.2) is 20.6 Å². The van der Waals surface area contributed by atoms with Gasteiger partial charge in [-0.05, 0) is 41.0 Å². The zero-order chi connectivity index (χ0) is 18.1. The Bertz CT molecular complexity index is 877. The predicted molar refractivity (Wildman–Crippen MR) is 112 cm³/mol. The fourth-order valence-electron chi connectivity index (χ4n) is 3.90. The standard InChI is InChI=1S/C24H24N2/c1-4-17-26-22-11-7-5-9-20(22)24(21-10-6-8-12-23(21)26)18-13-15-19(16-14-18)25(2)3/h4-16,24H,1,17H2,2-3H3. The van der Waals surface area contributed by atoms with Gasteiger partial charge in [-0.15, -0.1) is 6.58 Å². The van der Waals surface area contributed by atoms with Crippen molar-refractivity contribution in [2.75, 3.05) is 30.4 Å². The Labute approximate surface area is 156 Å². The molecule has 26 heavy (non-hydrogen) atoms. The average Bonchev–Trinajstić information content (AvgIpc) is 2.68. The molecule has 1 heterocycles. The van der Waals surface area contributed by atoms with Gasteiger partial charge >= 0.3 is 0 Å². The van der Waals surface area contributed by atoms with Gasteiger partial charge in [0.15, 0.2) is 0 Å². The summed E-state index contributed by atoms with van der Waals surface area (Å²) in [6, 6.07) is 26.4. The molecule has 0 bridgehead atoms. The van der Waals surface area contributed by atoms with E-state index in [1.54, 1.807) is 0 Å². The summed E-state index contributed by atoms with van der Waals surface area (Å²) in [4.78, 5) is 4.50. The van der Waals surface area contributed by atoms with Crippen LogP contribution < -0.4 is 9.80 Å². The second kappa shape index (κ2) is 6.72. The summed E-state index contributed by atoms with van der Waals surface area (Å²) in [6.07, 6.45) is 1.97. The minimum absolute atomic E-state index is 0.250. The highest BCUT2D eigenvalue weighted by Gasteiger charge is 2.30.